The highest BCUT2D eigenvalue weighted by molar-refractivity contribution is 14.0. The van der Waals surface area contributed by atoms with Gasteiger partial charge in [0.05, 0.1) is 17.0 Å². The molecule has 1 aliphatic heterocycles. The van der Waals surface area contributed by atoms with Gasteiger partial charge in [-0.1, -0.05) is 0 Å². The number of hydrogen-bond acceptors (Lipinski definition) is 5. The van der Waals surface area contributed by atoms with Crippen LogP contribution in [0.3, 0.4) is 0 Å². The van der Waals surface area contributed by atoms with Gasteiger partial charge in [0.15, 0.2) is 27.4 Å². The Morgan fingerprint density at radius 2 is 2.14 bits per heavy atom. The van der Waals surface area contributed by atoms with Crippen LogP contribution in [0.4, 0.5) is 10.2 Å². The monoisotopic (exact) mass is 527 g/mol. The first-order valence-corrected chi connectivity index (χ1v) is 10.9. The molecular weight excluding hydrogens is 496 g/mol. The molecule has 2 rings (SSSR count). The molecule has 1 aliphatic rings. The van der Waals surface area contributed by atoms with Gasteiger partial charge in [-0.2, -0.15) is 0 Å². The fourth-order valence-electron chi connectivity index (χ4n) is 2.78. The second kappa shape index (κ2) is 10.6. The number of rotatable bonds is 6. The van der Waals surface area contributed by atoms with Gasteiger partial charge in [-0.05, 0) is 46.2 Å². The van der Waals surface area contributed by atoms with Gasteiger partial charge < -0.3 is 15.5 Å². The number of nitrogens with one attached hydrogen (secondary N) is 2. The van der Waals surface area contributed by atoms with E-state index in [0.717, 1.165) is 6.42 Å². The molecule has 0 saturated carbocycles. The van der Waals surface area contributed by atoms with Crippen molar-refractivity contribution in [3.8, 4) is 0 Å². The summed E-state index contributed by atoms with van der Waals surface area (Å²) in [5.41, 5.74) is 0. The van der Waals surface area contributed by atoms with Crippen molar-refractivity contribution in [3.63, 3.8) is 0 Å². The van der Waals surface area contributed by atoms with Gasteiger partial charge in [-0.25, -0.2) is 17.8 Å². The topological polar surface area (TPSA) is 86.7 Å². The molecule has 1 atom stereocenters. The van der Waals surface area contributed by atoms with E-state index in [1.807, 2.05) is 11.8 Å². The Morgan fingerprint density at radius 3 is 2.75 bits per heavy atom. The summed E-state index contributed by atoms with van der Waals surface area (Å²) in [6.07, 6.45) is 2.40. The third-order valence-electron chi connectivity index (χ3n) is 4.47. The number of aliphatic imine (C=N–C) groups is 1. The van der Waals surface area contributed by atoms with E-state index >= 15 is 0 Å². The minimum absolute atomic E-state index is 0. The summed E-state index contributed by atoms with van der Waals surface area (Å²) in [6, 6.07) is 3.07. The number of halogens is 2. The molecule has 2 heterocycles. The summed E-state index contributed by atoms with van der Waals surface area (Å²) in [7, 11) is -3.21. The van der Waals surface area contributed by atoms with Crippen molar-refractivity contribution in [2.75, 3.05) is 36.8 Å². The highest BCUT2D eigenvalue weighted by Crippen LogP contribution is 2.20. The van der Waals surface area contributed by atoms with Gasteiger partial charge in [0.1, 0.15) is 0 Å². The number of pyridine rings is 1. The molecule has 0 bridgehead atoms. The maximum absolute atomic E-state index is 13.9. The number of nitrogens with zero attached hydrogens (tertiary/aromatic N) is 3. The van der Waals surface area contributed by atoms with Crippen molar-refractivity contribution < 1.29 is 12.8 Å². The Morgan fingerprint density at radius 1 is 1.43 bits per heavy atom. The van der Waals surface area contributed by atoms with Crippen LogP contribution in [0.5, 0.6) is 0 Å². The normalized spacial score (nSPS) is 18.0. The van der Waals surface area contributed by atoms with Crippen molar-refractivity contribution in [1.29, 1.82) is 0 Å². The molecule has 7 nitrogen and oxygen atoms in total. The third kappa shape index (κ3) is 6.71. The molecule has 0 aliphatic carbocycles. The summed E-state index contributed by atoms with van der Waals surface area (Å²) in [5, 5.41) is 6.45. The molecule has 2 N–H and O–H groups in total. The number of anilines is 1. The van der Waals surface area contributed by atoms with Crippen molar-refractivity contribution in [2.24, 2.45) is 4.99 Å². The summed E-state index contributed by atoms with van der Waals surface area (Å²) in [6.45, 7) is 9.21. The number of guanidine groups is 1. The van der Waals surface area contributed by atoms with E-state index in [9.17, 15) is 12.8 Å². The van der Waals surface area contributed by atoms with Crippen molar-refractivity contribution >= 4 is 45.6 Å². The lowest BCUT2D eigenvalue weighted by Crippen LogP contribution is -2.45. The van der Waals surface area contributed by atoms with E-state index in [-0.39, 0.29) is 48.1 Å². The van der Waals surface area contributed by atoms with Crippen LogP contribution in [0.25, 0.3) is 0 Å². The number of aromatic nitrogens is 1. The van der Waals surface area contributed by atoms with E-state index in [1.165, 1.54) is 6.07 Å². The smallest absolute Gasteiger partial charge is 0.191 e. The van der Waals surface area contributed by atoms with Crippen LogP contribution in [0.1, 0.15) is 34.1 Å². The molecule has 0 spiro atoms. The zero-order valence-corrected chi connectivity index (χ0v) is 20.1. The predicted molar refractivity (Wildman–Crippen MR) is 123 cm³/mol. The Balaban J connectivity index is 0.00000392. The van der Waals surface area contributed by atoms with E-state index in [2.05, 4.69) is 20.6 Å². The minimum atomic E-state index is -3.21. The van der Waals surface area contributed by atoms with E-state index in [0.29, 0.717) is 31.4 Å². The SMILES string of the molecule is CCNC(=NCCS(=O)(=O)C(C)(C)C)NC1CCN(c2ncccc2F)C1.I. The Hall–Kier alpha value is -1.17. The molecular formula is C18H31FIN5O2S. The molecule has 10 heteroatoms. The summed E-state index contributed by atoms with van der Waals surface area (Å²) < 4.78 is 37.5. The van der Waals surface area contributed by atoms with E-state index in [4.69, 9.17) is 0 Å². The average Bonchev–Trinajstić information content (AvgIpc) is 3.02. The fourth-order valence-corrected chi connectivity index (χ4v) is 3.72. The van der Waals surface area contributed by atoms with Crippen LogP contribution in [0.2, 0.25) is 0 Å². The van der Waals surface area contributed by atoms with Gasteiger partial charge >= 0.3 is 0 Å². The van der Waals surface area contributed by atoms with Gasteiger partial charge in [0.2, 0.25) is 0 Å². The van der Waals surface area contributed by atoms with Gasteiger partial charge in [0, 0.05) is 31.9 Å². The lowest BCUT2D eigenvalue weighted by molar-refractivity contribution is 0.560. The lowest BCUT2D eigenvalue weighted by Gasteiger charge is -2.20. The molecule has 0 amide bonds. The molecule has 28 heavy (non-hydrogen) atoms. The van der Waals surface area contributed by atoms with Crippen LogP contribution >= 0.6 is 24.0 Å². The third-order valence-corrected chi connectivity index (χ3v) is 7.06. The maximum Gasteiger partial charge on any atom is 0.191 e. The van der Waals surface area contributed by atoms with Crippen LogP contribution in [-0.2, 0) is 9.84 Å². The van der Waals surface area contributed by atoms with Crippen LogP contribution in [0, 0.1) is 5.82 Å². The predicted octanol–water partition coefficient (Wildman–Crippen LogP) is 2.19. The average molecular weight is 527 g/mol. The van der Waals surface area contributed by atoms with Crippen LogP contribution < -0.4 is 15.5 Å². The fraction of sp³-hybridized carbons (Fsp3) is 0.667. The summed E-state index contributed by atoms with van der Waals surface area (Å²) in [5.74, 6) is 0.615. The van der Waals surface area contributed by atoms with Gasteiger partial charge in [-0.15, -0.1) is 24.0 Å². The summed E-state index contributed by atoms with van der Waals surface area (Å²) >= 11 is 0. The number of sulfone groups is 1. The standard InChI is InChI=1S/C18H30FN5O2S.HI/c1-5-20-17(22-10-12-27(25,26)18(2,3)4)23-14-8-11-24(13-14)16-15(19)7-6-9-21-16;/h6-7,9,14H,5,8,10-13H2,1-4H3,(H2,20,22,23);1H. The van der Waals surface area contributed by atoms with Crippen molar-refractivity contribution in [3.05, 3.63) is 24.1 Å². The zero-order chi connectivity index (χ0) is 20.1. The molecule has 0 radical (unpaired) electrons. The minimum Gasteiger partial charge on any atom is -0.357 e. The Bertz CT molecular complexity index is 767. The Kier molecular flexibility index (Phi) is 9.38. The first-order valence-electron chi connectivity index (χ1n) is 9.26. The molecule has 0 aromatic carbocycles. The van der Waals surface area contributed by atoms with Crippen molar-refractivity contribution in [2.45, 2.75) is 44.9 Å². The van der Waals surface area contributed by atoms with Crippen LogP contribution in [0.15, 0.2) is 23.3 Å². The Labute approximate surface area is 184 Å². The van der Waals surface area contributed by atoms with Crippen LogP contribution in [-0.4, -0.2) is 62.1 Å². The zero-order valence-electron chi connectivity index (χ0n) is 16.9. The second-order valence-electron chi connectivity index (χ2n) is 7.58. The lowest BCUT2D eigenvalue weighted by atomic mass is 10.3. The molecule has 1 aromatic rings. The van der Waals surface area contributed by atoms with Gasteiger partial charge in [-0.3, -0.25) is 4.99 Å². The molecule has 1 fully saturated rings. The first kappa shape index (κ1) is 24.9. The maximum atomic E-state index is 13.9. The quantitative estimate of drug-likeness (QED) is 0.335. The van der Waals surface area contributed by atoms with E-state index < -0.39 is 14.6 Å². The highest BCUT2D eigenvalue weighted by atomic mass is 127. The molecule has 1 saturated heterocycles. The number of hydrogen-bond donors (Lipinski definition) is 2. The summed E-state index contributed by atoms with van der Waals surface area (Å²) in [4.78, 5) is 10.4. The highest BCUT2D eigenvalue weighted by Gasteiger charge is 2.29. The first-order chi connectivity index (χ1) is 12.6. The van der Waals surface area contributed by atoms with E-state index in [1.54, 1.807) is 33.0 Å². The molecule has 1 unspecified atom stereocenters. The molecule has 160 valence electrons. The largest absolute Gasteiger partial charge is 0.357 e. The van der Waals surface area contributed by atoms with Crippen molar-refractivity contribution in [1.82, 2.24) is 15.6 Å². The molecule has 1 aromatic heterocycles. The van der Waals surface area contributed by atoms with Gasteiger partial charge in [0.25, 0.3) is 0 Å². The second-order valence-corrected chi connectivity index (χ2v) is 10.4.